The number of phenolic OH excluding ortho intramolecular Hbond substituents is 1. The Kier molecular flexibility index (Phi) is 3.55. The van der Waals surface area contributed by atoms with Gasteiger partial charge in [-0.25, -0.2) is 4.98 Å². The maximum absolute atomic E-state index is 9.36. The Hall–Kier alpha value is -1.97. The van der Waals surface area contributed by atoms with Crippen LogP contribution in [0.1, 0.15) is 31.4 Å². The average Bonchev–Trinajstić information content (AvgIpc) is 2.68. The monoisotopic (exact) mass is 246 g/mol. The number of nitrogens with zero attached hydrogens (tertiary/aromatic N) is 2. The smallest absolute Gasteiger partial charge is 0.147 e. The summed E-state index contributed by atoms with van der Waals surface area (Å²) in [6.45, 7) is 6.59. The van der Waals surface area contributed by atoms with Crippen LogP contribution in [0.3, 0.4) is 0 Å². The molecule has 2 rings (SSSR count). The van der Waals surface area contributed by atoms with Gasteiger partial charge in [0.25, 0.3) is 0 Å². The third kappa shape index (κ3) is 2.83. The second kappa shape index (κ2) is 5.12. The minimum atomic E-state index is 0.205. The number of benzene rings is 1. The maximum atomic E-state index is 9.36. The minimum absolute atomic E-state index is 0.205. The molecular formula is C14H18N2O2. The fourth-order valence-electron chi connectivity index (χ4n) is 1.84. The van der Waals surface area contributed by atoms with Crippen LogP contribution in [0.2, 0.25) is 0 Å². The number of rotatable bonds is 4. The highest BCUT2D eigenvalue weighted by molar-refractivity contribution is 5.31. The molecule has 0 saturated heterocycles. The molecule has 0 unspecified atom stereocenters. The Morgan fingerprint density at radius 3 is 2.83 bits per heavy atom. The molecule has 18 heavy (non-hydrogen) atoms. The fourth-order valence-corrected chi connectivity index (χ4v) is 1.84. The second-order valence-corrected chi connectivity index (χ2v) is 4.59. The zero-order chi connectivity index (χ0) is 13.1. The molecule has 96 valence electrons. The summed E-state index contributed by atoms with van der Waals surface area (Å²) in [7, 11) is 0. The summed E-state index contributed by atoms with van der Waals surface area (Å²) in [5, 5.41) is 9.36. The van der Waals surface area contributed by atoms with E-state index in [0.717, 1.165) is 11.5 Å². The lowest BCUT2D eigenvalue weighted by Crippen LogP contribution is -2.08. The molecule has 1 heterocycles. The first kappa shape index (κ1) is 12.5. The molecule has 4 nitrogen and oxygen atoms in total. The Balaban J connectivity index is 2.10. The van der Waals surface area contributed by atoms with E-state index in [1.54, 1.807) is 18.2 Å². The van der Waals surface area contributed by atoms with Crippen molar-refractivity contribution in [3.63, 3.8) is 0 Å². The fraction of sp³-hybridized carbons (Fsp3) is 0.357. The van der Waals surface area contributed by atoms with E-state index in [4.69, 9.17) is 4.74 Å². The zero-order valence-corrected chi connectivity index (χ0v) is 10.9. The van der Waals surface area contributed by atoms with E-state index in [9.17, 15) is 5.11 Å². The summed E-state index contributed by atoms with van der Waals surface area (Å²) in [5.74, 6) is 1.74. The highest BCUT2D eigenvalue weighted by atomic mass is 16.5. The van der Waals surface area contributed by atoms with Gasteiger partial charge >= 0.3 is 0 Å². The molecule has 0 radical (unpaired) electrons. The first-order chi connectivity index (χ1) is 8.56. The molecule has 0 aliphatic heterocycles. The number of aromatic nitrogens is 2. The van der Waals surface area contributed by atoms with Gasteiger partial charge in [-0.15, -0.1) is 0 Å². The SMILES string of the molecule is Cc1cn(C(C)C)c(COc2cccc(O)c2)n1. The number of aryl methyl sites for hydroxylation is 1. The summed E-state index contributed by atoms with van der Waals surface area (Å²) in [6.07, 6.45) is 2.02. The normalized spacial score (nSPS) is 10.9. The van der Waals surface area contributed by atoms with Crippen LogP contribution >= 0.6 is 0 Å². The van der Waals surface area contributed by atoms with Crippen LogP contribution in [0.25, 0.3) is 0 Å². The Morgan fingerprint density at radius 2 is 2.17 bits per heavy atom. The lowest BCUT2D eigenvalue weighted by molar-refractivity contribution is 0.285. The van der Waals surface area contributed by atoms with E-state index in [0.29, 0.717) is 18.4 Å². The predicted octanol–water partition coefficient (Wildman–Crippen LogP) is 3.06. The highest BCUT2D eigenvalue weighted by Gasteiger charge is 2.09. The number of aromatic hydroxyl groups is 1. The highest BCUT2D eigenvalue weighted by Crippen LogP contribution is 2.19. The van der Waals surface area contributed by atoms with E-state index in [2.05, 4.69) is 23.4 Å². The van der Waals surface area contributed by atoms with Crippen LogP contribution in [-0.4, -0.2) is 14.7 Å². The summed E-state index contributed by atoms with van der Waals surface area (Å²) < 4.78 is 7.73. The average molecular weight is 246 g/mol. The lowest BCUT2D eigenvalue weighted by Gasteiger charge is -2.12. The van der Waals surface area contributed by atoms with Crippen molar-refractivity contribution in [1.29, 1.82) is 0 Å². The summed E-state index contributed by atoms with van der Waals surface area (Å²) in [4.78, 5) is 4.44. The van der Waals surface area contributed by atoms with E-state index < -0.39 is 0 Å². The number of imidazole rings is 1. The van der Waals surface area contributed by atoms with Gasteiger partial charge in [-0.3, -0.25) is 0 Å². The number of hydrogen-bond donors (Lipinski definition) is 1. The molecule has 1 aromatic carbocycles. The van der Waals surface area contributed by atoms with Crippen molar-refractivity contribution < 1.29 is 9.84 Å². The quantitative estimate of drug-likeness (QED) is 0.901. The van der Waals surface area contributed by atoms with Gasteiger partial charge in [0.15, 0.2) is 0 Å². The van der Waals surface area contributed by atoms with E-state index >= 15 is 0 Å². The summed E-state index contributed by atoms with van der Waals surface area (Å²) in [5.41, 5.74) is 0.984. The zero-order valence-electron chi connectivity index (χ0n) is 10.9. The standard InChI is InChI=1S/C14H18N2O2/c1-10(2)16-8-11(3)15-14(16)9-18-13-6-4-5-12(17)7-13/h4-8,10,17H,9H2,1-3H3. The maximum Gasteiger partial charge on any atom is 0.147 e. The van der Waals surface area contributed by atoms with Gasteiger partial charge in [0.2, 0.25) is 0 Å². The molecule has 0 bridgehead atoms. The third-order valence-electron chi connectivity index (χ3n) is 2.67. The Labute approximate surface area is 107 Å². The van der Waals surface area contributed by atoms with Crippen molar-refractivity contribution in [1.82, 2.24) is 9.55 Å². The van der Waals surface area contributed by atoms with Crippen LogP contribution in [0.15, 0.2) is 30.5 Å². The van der Waals surface area contributed by atoms with Crippen molar-refractivity contribution in [3.05, 3.63) is 42.0 Å². The molecule has 0 saturated carbocycles. The van der Waals surface area contributed by atoms with Crippen molar-refractivity contribution >= 4 is 0 Å². The molecule has 4 heteroatoms. The van der Waals surface area contributed by atoms with Crippen molar-refractivity contribution in [3.8, 4) is 11.5 Å². The topological polar surface area (TPSA) is 47.3 Å². The van der Waals surface area contributed by atoms with Gasteiger partial charge in [0.1, 0.15) is 23.9 Å². The second-order valence-electron chi connectivity index (χ2n) is 4.59. The molecule has 2 aromatic rings. The summed E-state index contributed by atoms with van der Waals surface area (Å²) in [6, 6.07) is 7.13. The molecule has 0 aliphatic rings. The molecular weight excluding hydrogens is 228 g/mol. The lowest BCUT2D eigenvalue weighted by atomic mass is 10.3. The van der Waals surface area contributed by atoms with Crippen molar-refractivity contribution in [2.45, 2.75) is 33.4 Å². The van der Waals surface area contributed by atoms with E-state index in [-0.39, 0.29) is 5.75 Å². The first-order valence-electron chi connectivity index (χ1n) is 6.02. The molecule has 0 fully saturated rings. The van der Waals surface area contributed by atoms with Gasteiger partial charge in [0.05, 0.1) is 5.69 Å². The number of ether oxygens (including phenoxy) is 1. The van der Waals surface area contributed by atoms with E-state index in [1.807, 2.05) is 19.2 Å². The molecule has 0 aliphatic carbocycles. The van der Waals surface area contributed by atoms with Crippen LogP contribution in [0.5, 0.6) is 11.5 Å². The van der Waals surface area contributed by atoms with E-state index in [1.165, 1.54) is 0 Å². The van der Waals surface area contributed by atoms with Gasteiger partial charge in [0, 0.05) is 18.3 Å². The third-order valence-corrected chi connectivity index (χ3v) is 2.67. The number of hydrogen-bond acceptors (Lipinski definition) is 3. The molecule has 0 amide bonds. The van der Waals surface area contributed by atoms with Crippen LogP contribution in [0.4, 0.5) is 0 Å². The van der Waals surface area contributed by atoms with Crippen molar-refractivity contribution in [2.24, 2.45) is 0 Å². The van der Waals surface area contributed by atoms with Crippen LogP contribution < -0.4 is 4.74 Å². The largest absolute Gasteiger partial charge is 0.508 e. The van der Waals surface area contributed by atoms with Gasteiger partial charge in [-0.05, 0) is 32.9 Å². The van der Waals surface area contributed by atoms with Crippen LogP contribution in [-0.2, 0) is 6.61 Å². The number of phenols is 1. The van der Waals surface area contributed by atoms with Gasteiger partial charge in [-0.2, -0.15) is 0 Å². The first-order valence-corrected chi connectivity index (χ1v) is 6.02. The Morgan fingerprint density at radius 1 is 1.39 bits per heavy atom. The Bertz CT molecular complexity index is 532. The molecule has 0 spiro atoms. The minimum Gasteiger partial charge on any atom is -0.508 e. The molecule has 1 N–H and O–H groups in total. The van der Waals surface area contributed by atoms with Crippen molar-refractivity contribution in [2.75, 3.05) is 0 Å². The van der Waals surface area contributed by atoms with Crippen LogP contribution in [0, 0.1) is 6.92 Å². The van der Waals surface area contributed by atoms with Gasteiger partial charge in [-0.1, -0.05) is 6.07 Å². The molecule has 1 aromatic heterocycles. The summed E-state index contributed by atoms with van der Waals surface area (Å²) >= 11 is 0. The molecule has 0 atom stereocenters. The predicted molar refractivity (Wildman–Crippen MR) is 69.8 cm³/mol. The van der Waals surface area contributed by atoms with Gasteiger partial charge < -0.3 is 14.4 Å².